The minimum Gasteiger partial charge on any atom is -0.352 e. The molecule has 0 radical (unpaired) electrons. The number of carbonyl (C=O) groups is 2. The molecule has 1 fully saturated rings. The number of rotatable bonds is 4. The molecule has 2 amide bonds. The first-order valence-electron chi connectivity index (χ1n) is 7.26. The molecule has 0 bridgehead atoms. The molecule has 5 nitrogen and oxygen atoms in total. The maximum Gasteiger partial charge on any atom is 0.253 e. The van der Waals surface area contributed by atoms with Crippen LogP contribution >= 0.6 is 12.4 Å². The molecule has 1 aromatic rings. The van der Waals surface area contributed by atoms with Gasteiger partial charge < -0.3 is 16.0 Å². The number of amides is 2. The van der Waals surface area contributed by atoms with E-state index in [1.54, 1.807) is 0 Å². The van der Waals surface area contributed by atoms with Crippen LogP contribution in [0.1, 0.15) is 36.2 Å². The number of hydrogen-bond acceptors (Lipinski definition) is 3. The van der Waals surface area contributed by atoms with Gasteiger partial charge in [-0.1, -0.05) is 19.1 Å². The lowest BCUT2D eigenvalue weighted by Gasteiger charge is -2.22. The van der Waals surface area contributed by atoms with Crippen LogP contribution in [0.2, 0.25) is 0 Å². The van der Waals surface area contributed by atoms with Crippen LogP contribution in [-0.4, -0.2) is 36.3 Å². The minimum absolute atomic E-state index is 0. The van der Waals surface area contributed by atoms with Crippen molar-refractivity contribution in [3.63, 3.8) is 0 Å². The lowest BCUT2D eigenvalue weighted by molar-refractivity contribution is -0.119. The van der Waals surface area contributed by atoms with Crippen molar-refractivity contribution >= 4 is 24.2 Å². The molecule has 1 aromatic carbocycles. The van der Waals surface area contributed by atoms with E-state index >= 15 is 0 Å². The predicted molar refractivity (Wildman–Crippen MR) is 88.9 cm³/mol. The monoisotopic (exact) mass is 325 g/mol. The first kappa shape index (κ1) is 18.5. The van der Waals surface area contributed by atoms with Gasteiger partial charge in [-0.05, 0) is 36.1 Å². The Bertz CT molecular complexity index is 533. The fourth-order valence-electron chi connectivity index (χ4n) is 2.54. The zero-order chi connectivity index (χ0) is 15.5. The number of halogens is 1. The van der Waals surface area contributed by atoms with Gasteiger partial charge in [-0.15, -0.1) is 12.4 Å². The molecule has 1 heterocycles. The number of nitrogens with one attached hydrogen (secondary N) is 1. The van der Waals surface area contributed by atoms with Crippen molar-refractivity contribution in [2.75, 3.05) is 19.6 Å². The summed E-state index contributed by atoms with van der Waals surface area (Å²) < 4.78 is 0. The summed E-state index contributed by atoms with van der Waals surface area (Å²) in [6.07, 6.45) is 0.954. The van der Waals surface area contributed by atoms with Gasteiger partial charge in [-0.2, -0.15) is 0 Å². The van der Waals surface area contributed by atoms with Crippen molar-refractivity contribution in [2.24, 2.45) is 11.1 Å². The highest BCUT2D eigenvalue weighted by Crippen LogP contribution is 2.29. The van der Waals surface area contributed by atoms with Crippen LogP contribution in [0.5, 0.6) is 0 Å². The first-order chi connectivity index (χ1) is 9.93. The highest BCUT2D eigenvalue weighted by Gasteiger charge is 2.35. The fourth-order valence-corrected chi connectivity index (χ4v) is 2.54. The van der Waals surface area contributed by atoms with E-state index in [4.69, 9.17) is 5.73 Å². The van der Waals surface area contributed by atoms with Crippen LogP contribution in [0.15, 0.2) is 24.3 Å². The Morgan fingerprint density at radius 3 is 2.45 bits per heavy atom. The summed E-state index contributed by atoms with van der Waals surface area (Å²) >= 11 is 0. The Labute approximate surface area is 137 Å². The zero-order valence-corrected chi connectivity index (χ0v) is 13.9. The van der Waals surface area contributed by atoms with E-state index in [-0.39, 0.29) is 29.6 Å². The van der Waals surface area contributed by atoms with Gasteiger partial charge in [0.25, 0.3) is 5.91 Å². The second kappa shape index (κ2) is 7.61. The molecule has 1 aliphatic rings. The number of nitrogens with zero attached hydrogens (tertiary/aromatic N) is 1. The predicted octanol–water partition coefficient (Wildman–Crippen LogP) is 1.56. The molecule has 0 saturated carbocycles. The minimum atomic E-state index is -0.0618. The topological polar surface area (TPSA) is 75.4 Å². The van der Waals surface area contributed by atoms with Gasteiger partial charge in [0.05, 0.1) is 0 Å². The molecule has 1 atom stereocenters. The summed E-state index contributed by atoms with van der Waals surface area (Å²) in [6, 6.07) is 7.39. The maximum absolute atomic E-state index is 12.4. The van der Waals surface area contributed by atoms with E-state index in [0.717, 1.165) is 25.1 Å². The van der Waals surface area contributed by atoms with Gasteiger partial charge in [-0.25, -0.2) is 0 Å². The van der Waals surface area contributed by atoms with Crippen molar-refractivity contribution < 1.29 is 9.59 Å². The maximum atomic E-state index is 12.4. The fraction of sp³-hybridized carbons (Fsp3) is 0.500. The third-order valence-electron chi connectivity index (χ3n) is 4.08. The summed E-state index contributed by atoms with van der Waals surface area (Å²) in [4.78, 5) is 25.2. The molecule has 1 aliphatic heterocycles. The second-order valence-corrected chi connectivity index (χ2v) is 6.10. The van der Waals surface area contributed by atoms with Crippen LogP contribution in [0.25, 0.3) is 0 Å². The Kier molecular flexibility index (Phi) is 6.38. The molecule has 3 N–H and O–H groups in total. The average molecular weight is 326 g/mol. The number of carbonyl (C=O) groups excluding carboxylic acids is 2. The average Bonchev–Trinajstić information content (AvgIpc) is 2.88. The Morgan fingerprint density at radius 2 is 1.95 bits per heavy atom. The standard InChI is InChI=1S/C16H23N3O2.ClH/c1-12(20)18-9-13-3-5-14(6-4-13)15(21)19-8-7-16(2,10-17)11-19;/h3-6H,7-11,17H2,1-2H3,(H,18,20);1H. The van der Waals surface area contributed by atoms with Crippen molar-refractivity contribution in [1.82, 2.24) is 10.2 Å². The number of nitrogens with two attached hydrogens (primary N) is 1. The van der Waals surface area contributed by atoms with E-state index in [2.05, 4.69) is 12.2 Å². The van der Waals surface area contributed by atoms with Crippen LogP contribution in [0, 0.1) is 5.41 Å². The molecular weight excluding hydrogens is 302 g/mol. The molecule has 6 heteroatoms. The Morgan fingerprint density at radius 1 is 1.32 bits per heavy atom. The van der Waals surface area contributed by atoms with Crippen molar-refractivity contribution in [3.8, 4) is 0 Å². The van der Waals surface area contributed by atoms with E-state index in [1.165, 1.54) is 6.92 Å². The summed E-state index contributed by atoms with van der Waals surface area (Å²) in [5, 5.41) is 2.74. The SMILES string of the molecule is CC(=O)NCc1ccc(C(=O)N2CCC(C)(CN)C2)cc1.Cl. The highest BCUT2D eigenvalue weighted by molar-refractivity contribution is 5.94. The van der Waals surface area contributed by atoms with E-state index in [0.29, 0.717) is 18.7 Å². The largest absolute Gasteiger partial charge is 0.352 e. The van der Waals surface area contributed by atoms with Gasteiger partial charge in [0, 0.05) is 32.1 Å². The van der Waals surface area contributed by atoms with Crippen molar-refractivity contribution in [2.45, 2.75) is 26.8 Å². The molecule has 122 valence electrons. The normalized spacial score (nSPS) is 20.4. The summed E-state index contributed by atoms with van der Waals surface area (Å²) in [5.41, 5.74) is 7.48. The van der Waals surface area contributed by atoms with Crippen LogP contribution in [0.3, 0.4) is 0 Å². The van der Waals surface area contributed by atoms with E-state index in [9.17, 15) is 9.59 Å². The third-order valence-corrected chi connectivity index (χ3v) is 4.08. The van der Waals surface area contributed by atoms with Gasteiger partial charge in [0.15, 0.2) is 0 Å². The number of likely N-dealkylation sites (tertiary alicyclic amines) is 1. The zero-order valence-electron chi connectivity index (χ0n) is 13.1. The Hall–Kier alpha value is -1.59. The highest BCUT2D eigenvalue weighted by atomic mass is 35.5. The Balaban J connectivity index is 0.00000242. The van der Waals surface area contributed by atoms with Gasteiger partial charge in [0.1, 0.15) is 0 Å². The number of benzene rings is 1. The first-order valence-corrected chi connectivity index (χ1v) is 7.26. The second-order valence-electron chi connectivity index (χ2n) is 6.10. The lowest BCUT2D eigenvalue weighted by atomic mass is 9.90. The smallest absolute Gasteiger partial charge is 0.253 e. The van der Waals surface area contributed by atoms with Crippen LogP contribution < -0.4 is 11.1 Å². The summed E-state index contributed by atoms with van der Waals surface area (Å²) in [5.74, 6) is -0.00783. The molecular formula is C16H24ClN3O2. The molecule has 1 unspecified atom stereocenters. The lowest BCUT2D eigenvalue weighted by Crippen LogP contribution is -2.34. The van der Waals surface area contributed by atoms with Crippen molar-refractivity contribution in [3.05, 3.63) is 35.4 Å². The molecule has 2 rings (SSSR count). The quantitative estimate of drug-likeness (QED) is 0.882. The molecule has 22 heavy (non-hydrogen) atoms. The van der Waals surface area contributed by atoms with Gasteiger partial charge in [0.2, 0.25) is 5.91 Å². The number of hydrogen-bond donors (Lipinski definition) is 2. The van der Waals surface area contributed by atoms with Crippen molar-refractivity contribution in [1.29, 1.82) is 0 Å². The third kappa shape index (κ3) is 4.45. The van der Waals surface area contributed by atoms with E-state index < -0.39 is 0 Å². The van der Waals surface area contributed by atoms with Gasteiger partial charge in [-0.3, -0.25) is 9.59 Å². The molecule has 0 spiro atoms. The molecule has 0 aromatic heterocycles. The molecule has 0 aliphatic carbocycles. The van der Waals surface area contributed by atoms with E-state index in [1.807, 2.05) is 29.2 Å². The van der Waals surface area contributed by atoms with Crippen LogP contribution in [-0.2, 0) is 11.3 Å². The van der Waals surface area contributed by atoms with Crippen LogP contribution in [0.4, 0.5) is 0 Å². The molecule has 1 saturated heterocycles. The summed E-state index contributed by atoms with van der Waals surface area (Å²) in [7, 11) is 0. The summed E-state index contributed by atoms with van der Waals surface area (Å²) in [6.45, 7) is 6.18. The van der Waals surface area contributed by atoms with Gasteiger partial charge >= 0.3 is 0 Å².